The number of aryl methyl sites for hydroxylation is 1. The van der Waals surface area contributed by atoms with E-state index in [4.69, 9.17) is 4.98 Å². The molecule has 0 saturated carbocycles. The van der Waals surface area contributed by atoms with Crippen molar-refractivity contribution in [3.05, 3.63) is 119 Å². The highest BCUT2D eigenvalue weighted by atomic mass is 16.2. The van der Waals surface area contributed by atoms with Crippen LogP contribution < -0.4 is 21.4 Å². The smallest absolute Gasteiger partial charge is 0.323 e. The molecule has 0 radical (unpaired) electrons. The van der Waals surface area contributed by atoms with Crippen molar-refractivity contribution >= 4 is 39.9 Å². The molecule has 0 aliphatic rings. The summed E-state index contributed by atoms with van der Waals surface area (Å²) in [5.74, 6) is 0.567. The maximum absolute atomic E-state index is 13.4. The Balaban J connectivity index is 1.66. The van der Waals surface area contributed by atoms with E-state index in [0.717, 1.165) is 11.4 Å². The van der Waals surface area contributed by atoms with Crippen LogP contribution in [0, 0.1) is 6.92 Å². The molecule has 7 nitrogen and oxygen atoms in total. The molecule has 0 aliphatic heterocycles. The third kappa shape index (κ3) is 4.74. The van der Waals surface area contributed by atoms with Crippen LogP contribution in [0.4, 0.5) is 27.7 Å². The number of carbonyl (C=O) groups is 1. The molecule has 172 valence electrons. The average Bonchev–Trinajstić information content (AvgIpc) is 2.85. The first-order valence-corrected chi connectivity index (χ1v) is 11.2. The number of benzene rings is 3. The Morgan fingerprint density at radius 3 is 2.03 bits per heavy atom. The maximum Gasteiger partial charge on any atom is 0.323 e. The number of para-hydroxylation sites is 3. The van der Waals surface area contributed by atoms with E-state index in [0.29, 0.717) is 33.9 Å². The van der Waals surface area contributed by atoms with E-state index in [-0.39, 0.29) is 5.43 Å². The Hall–Kier alpha value is -4.91. The number of hydrogen-bond acceptors (Lipinski definition) is 4. The maximum atomic E-state index is 13.4. The van der Waals surface area contributed by atoms with Crippen LogP contribution in [0.3, 0.4) is 0 Å². The van der Waals surface area contributed by atoms with Gasteiger partial charge in [-0.2, -0.15) is 0 Å². The summed E-state index contributed by atoms with van der Waals surface area (Å²) in [6.45, 7) is 1.83. The van der Waals surface area contributed by atoms with Crippen LogP contribution in [0.1, 0.15) is 5.69 Å². The molecule has 2 amide bonds. The van der Waals surface area contributed by atoms with E-state index in [9.17, 15) is 9.59 Å². The second-order valence-electron chi connectivity index (χ2n) is 8.01. The first-order chi connectivity index (χ1) is 17.1. The lowest BCUT2D eigenvalue weighted by Crippen LogP contribution is -2.22. The Labute approximate surface area is 202 Å². The van der Waals surface area contributed by atoms with Crippen molar-refractivity contribution in [3.8, 4) is 5.69 Å². The average molecular weight is 462 g/mol. The molecule has 3 N–H and O–H groups in total. The largest absolute Gasteiger partial charge is 0.341 e. The molecule has 5 rings (SSSR count). The van der Waals surface area contributed by atoms with Gasteiger partial charge in [-0.25, -0.2) is 9.78 Å². The molecule has 2 heterocycles. The molecular weight excluding hydrogens is 438 g/mol. The van der Waals surface area contributed by atoms with Gasteiger partial charge in [0, 0.05) is 28.8 Å². The van der Waals surface area contributed by atoms with Crippen LogP contribution in [0.15, 0.2) is 108 Å². The fourth-order valence-corrected chi connectivity index (χ4v) is 3.94. The zero-order valence-corrected chi connectivity index (χ0v) is 19.0. The van der Waals surface area contributed by atoms with Crippen molar-refractivity contribution in [2.75, 3.05) is 16.0 Å². The Kier molecular flexibility index (Phi) is 5.96. The topological polar surface area (TPSA) is 88.0 Å². The van der Waals surface area contributed by atoms with Crippen LogP contribution >= 0.6 is 0 Å². The van der Waals surface area contributed by atoms with Gasteiger partial charge in [0.25, 0.3) is 0 Å². The van der Waals surface area contributed by atoms with Gasteiger partial charge in [-0.3, -0.25) is 9.36 Å². The molecule has 0 fully saturated rings. The molecule has 0 atom stereocenters. The number of amides is 2. The summed E-state index contributed by atoms with van der Waals surface area (Å²) in [7, 11) is 0. The van der Waals surface area contributed by atoms with Crippen LogP contribution in [0.2, 0.25) is 0 Å². The van der Waals surface area contributed by atoms with Crippen LogP contribution in [-0.4, -0.2) is 15.6 Å². The highest BCUT2D eigenvalue weighted by molar-refractivity contribution is 6.05. The van der Waals surface area contributed by atoms with E-state index in [1.54, 1.807) is 18.2 Å². The SMILES string of the molecule is Cc1cc(NC(=O)Nc2ccccc2)c2c(=O)cc(Nc3ccccc3)n(-c3ccccc3)c2n1. The third-order valence-electron chi connectivity index (χ3n) is 5.44. The summed E-state index contributed by atoms with van der Waals surface area (Å²) in [4.78, 5) is 30.8. The predicted octanol–water partition coefficient (Wildman–Crippen LogP) is 6.08. The highest BCUT2D eigenvalue weighted by Gasteiger charge is 2.18. The van der Waals surface area contributed by atoms with Crippen molar-refractivity contribution in [2.24, 2.45) is 0 Å². The molecule has 0 bridgehead atoms. The second kappa shape index (κ2) is 9.52. The minimum Gasteiger partial charge on any atom is -0.341 e. The van der Waals surface area contributed by atoms with Crippen LogP contribution in [0.25, 0.3) is 16.7 Å². The van der Waals surface area contributed by atoms with Crippen molar-refractivity contribution in [1.82, 2.24) is 9.55 Å². The molecule has 5 aromatic rings. The number of fused-ring (bicyclic) bond motifs is 1. The molecular formula is C28H23N5O2. The van der Waals surface area contributed by atoms with Crippen LogP contribution in [0.5, 0.6) is 0 Å². The number of hydrogen-bond donors (Lipinski definition) is 3. The summed E-state index contributed by atoms with van der Waals surface area (Å²) in [6.07, 6.45) is 0. The first-order valence-electron chi connectivity index (χ1n) is 11.2. The van der Waals surface area contributed by atoms with Crippen molar-refractivity contribution in [1.29, 1.82) is 0 Å². The summed E-state index contributed by atoms with van der Waals surface area (Å²) in [5.41, 5.74) is 3.55. The number of rotatable bonds is 5. The Bertz CT molecular complexity index is 1550. The van der Waals surface area contributed by atoms with E-state index < -0.39 is 6.03 Å². The van der Waals surface area contributed by atoms with Gasteiger partial charge in [-0.15, -0.1) is 0 Å². The molecule has 3 aromatic carbocycles. The second-order valence-corrected chi connectivity index (χ2v) is 8.01. The number of carbonyl (C=O) groups excluding carboxylic acids is 1. The number of urea groups is 1. The number of nitrogens with zero attached hydrogens (tertiary/aromatic N) is 2. The fraction of sp³-hybridized carbons (Fsp3) is 0.0357. The van der Waals surface area contributed by atoms with Gasteiger partial charge < -0.3 is 16.0 Å². The van der Waals surface area contributed by atoms with E-state index >= 15 is 0 Å². The number of nitrogens with one attached hydrogen (secondary N) is 3. The van der Waals surface area contributed by atoms with Gasteiger partial charge in [0.15, 0.2) is 11.1 Å². The molecule has 0 aliphatic carbocycles. The number of aromatic nitrogens is 2. The van der Waals surface area contributed by atoms with Gasteiger partial charge in [0.2, 0.25) is 0 Å². The lowest BCUT2D eigenvalue weighted by molar-refractivity contribution is 0.262. The molecule has 7 heteroatoms. The fourth-order valence-electron chi connectivity index (χ4n) is 3.94. The third-order valence-corrected chi connectivity index (χ3v) is 5.44. The lowest BCUT2D eigenvalue weighted by atomic mass is 10.2. The number of pyridine rings is 2. The highest BCUT2D eigenvalue weighted by Crippen LogP contribution is 2.28. The van der Waals surface area contributed by atoms with Gasteiger partial charge in [-0.1, -0.05) is 54.6 Å². The van der Waals surface area contributed by atoms with Crippen molar-refractivity contribution < 1.29 is 4.79 Å². The molecule has 2 aromatic heterocycles. The predicted molar refractivity (Wildman–Crippen MR) is 141 cm³/mol. The van der Waals surface area contributed by atoms with E-state index in [2.05, 4.69) is 16.0 Å². The minimum atomic E-state index is -0.444. The number of anilines is 4. The zero-order chi connectivity index (χ0) is 24.2. The Morgan fingerprint density at radius 2 is 1.37 bits per heavy atom. The standard InChI is InChI=1S/C28H23N5O2/c1-19-17-23(32-28(35)31-21-13-7-3-8-14-21)26-24(34)18-25(30-20-11-5-2-6-12-20)33(27(26)29-19)22-15-9-4-10-16-22/h2-18,30H,1H3,(H2,29,31,32,35). The van der Waals surface area contributed by atoms with Crippen LogP contribution in [-0.2, 0) is 0 Å². The van der Waals surface area contributed by atoms with E-state index in [1.807, 2.05) is 90.4 Å². The van der Waals surface area contributed by atoms with Gasteiger partial charge in [0.1, 0.15) is 5.82 Å². The normalized spacial score (nSPS) is 10.7. The molecule has 0 saturated heterocycles. The summed E-state index contributed by atoms with van der Waals surface area (Å²) in [5, 5.41) is 9.29. The van der Waals surface area contributed by atoms with Crippen molar-refractivity contribution in [2.45, 2.75) is 6.92 Å². The minimum absolute atomic E-state index is 0.256. The van der Waals surface area contributed by atoms with Gasteiger partial charge in [0.05, 0.1) is 11.1 Å². The van der Waals surface area contributed by atoms with E-state index in [1.165, 1.54) is 6.07 Å². The first kappa shape index (κ1) is 21.9. The summed E-state index contributed by atoms with van der Waals surface area (Å²) in [6, 6.07) is 31.2. The Morgan fingerprint density at radius 1 is 0.771 bits per heavy atom. The molecule has 35 heavy (non-hydrogen) atoms. The van der Waals surface area contributed by atoms with Gasteiger partial charge >= 0.3 is 6.03 Å². The van der Waals surface area contributed by atoms with Gasteiger partial charge in [-0.05, 0) is 49.4 Å². The quantitative estimate of drug-likeness (QED) is 0.296. The molecule has 0 spiro atoms. The molecule has 0 unspecified atom stereocenters. The summed E-state index contributed by atoms with van der Waals surface area (Å²) < 4.78 is 1.89. The summed E-state index contributed by atoms with van der Waals surface area (Å²) >= 11 is 0. The monoisotopic (exact) mass is 461 g/mol. The lowest BCUT2D eigenvalue weighted by Gasteiger charge is -2.19. The zero-order valence-electron chi connectivity index (χ0n) is 19.0. The van der Waals surface area contributed by atoms with Crippen molar-refractivity contribution in [3.63, 3.8) is 0 Å².